The lowest BCUT2D eigenvalue weighted by molar-refractivity contribution is -0.116. The Hall–Kier alpha value is -2.59. The number of aryl methyl sites for hydroxylation is 1. The second-order valence-electron chi connectivity index (χ2n) is 5.45. The number of hydrogen-bond donors (Lipinski definition) is 3. The van der Waals surface area contributed by atoms with Crippen LogP contribution in [0.25, 0.3) is 6.08 Å². The monoisotopic (exact) mass is 312 g/mol. The van der Waals surface area contributed by atoms with Gasteiger partial charge in [0, 0.05) is 6.42 Å². The molecule has 0 aliphatic heterocycles. The SMILES string of the molecule is O=C(/C=C/c1ccc(O)cc1)C[C@@H](O)CCc1ccc(O)cc1. The molecule has 0 aromatic heterocycles. The zero-order valence-electron chi connectivity index (χ0n) is 12.7. The molecule has 23 heavy (non-hydrogen) atoms. The van der Waals surface area contributed by atoms with Crippen LogP contribution in [0.4, 0.5) is 0 Å². The molecule has 2 aromatic rings. The van der Waals surface area contributed by atoms with E-state index in [1.165, 1.54) is 6.08 Å². The molecule has 0 heterocycles. The third-order valence-electron chi connectivity index (χ3n) is 3.49. The van der Waals surface area contributed by atoms with Gasteiger partial charge in [-0.15, -0.1) is 0 Å². The van der Waals surface area contributed by atoms with Crippen LogP contribution in [0.1, 0.15) is 24.0 Å². The lowest BCUT2D eigenvalue weighted by atomic mass is 10.0. The Balaban J connectivity index is 1.77. The van der Waals surface area contributed by atoms with Crippen molar-refractivity contribution in [3.05, 3.63) is 65.7 Å². The fourth-order valence-corrected chi connectivity index (χ4v) is 2.17. The number of phenols is 2. The number of allylic oxidation sites excluding steroid dienone is 1. The predicted octanol–water partition coefficient (Wildman–Crippen LogP) is 3.06. The number of carbonyl (C=O) groups excluding carboxylic acids is 1. The number of carbonyl (C=O) groups is 1. The number of aliphatic hydroxyl groups excluding tert-OH is 1. The summed E-state index contributed by atoms with van der Waals surface area (Å²) in [4.78, 5) is 11.8. The Morgan fingerprint density at radius 3 is 2.13 bits per heavy atom. The lowest BCUT2D eigenvalue weighted by Crippen LogP contribution is -2.12. The summed E-state index contributed by atoms with van der Waals surface area (Å²) in [5.74, 6) is 0.248. The third-order valence-corrected chi connectivity index (χ3v) is 3.49. The molecule has 120 valence electrons. The van der Waals surface area contributed by atoms with E-state index in [2.05, 4.69) is 0 Å². The fourth-order valence-electron chi connectivity index (χ4n) is 2.17. The average Bonchev–Trinajstić information content (AvgIpc) is 2.54. The van der Waals surface area contributed by atoms with Gasteiger partial charge in [-0.3, -0.25) is 4.79 Å². The van der Waals surface area contributed by atoms with Crippen molar-refractivity contribution in [2.24, 2.45) is 0 Å². The molecular formula is C19H20O4. The molecule has 0 saturated carbocycles. The van der Waals surface area contributed by atoms with Crippen LogP contribution in [0, 0.1) is 0 Å². The van der Waals surface area contributed by atoms with Gasteiger partial charge in [-0.05, 0) is 54.3 Å². The van der Waals surface area contributed by atoms with Gasteiger partial charge >= 0.3 is 0 Å². The molecule has 0 aliphatic carbocycles. The van der Waals surface area contributed by atoms with E-state index in [1.54, 1.807) is 54.6 Å². The van der Waals surface area contributed by atoms with E-state index >= 15 is 0 Å². The minimum atomic E-state index is -0.694. The molecule has 0 fully saturated rings. The normalized spacial score (nSPS) is 12.4. The Morgan fingerprint density at radius 1 is 0.957 bits per heavy atom. The molecule has 2 rings (SSSR count). The van der Waals surface area contributed by atoms with Crippen LogP contribution in [-0.2, 0) is 11.2 Å². The number of aromatic hydroxyl groups is 2. The molecular weight excluding hydrogens is 292 g/mol. The maximum atomic E-state index is 11.8. The van der Waals surface area contributed by atoms with Crippen LogP contribution in [-0.4, -0.2) is 27.2 Å². The van der Waals surface area contributed by atoms with Gasteiger partial charge in [0.1, 0.15) is 11.5 Å². The highest BCUT2D eigenvalue weighted by atomic mass is 16.3. The van der Waals surface area contributed by atoms with E-state index in [4.69, 9.17) is 0 Å². The molecule has 1 atom stereocenters. The summed E-state index contributed by atoms with van der Waals surface area (Å²) in [5, 5.41) is 28.3. The quantitative estimate of drug-likeness (QED) is 0.687. The standard InChI is InChI=1S/C19H20O4/c20-16-7-1-14(2-8-16)5-11-18(22)13-19(23)12-6-15-3-9-17(21)10-4-15/h1-5,7-11,19-21,23H,6,12-13H2/b11-5+/t19-/m0/s1. The minimum Gasteiger partial charge on any atom is -0.508 e. The largest absolute Gasteiger partial charge is 0.508 e. The maximum absolute atomic E-state index is 11.8. The molecule has 0 unspecified atom stereocenters. The zero-order chi connectivity index (χ0) is 16.7. The first-order valence-electron chi connectivity index (χ1n) is 7.49. The highest BCUT2D eigenvalue weighted by Gasteiger charge is 2.09. The van der Waals surface area contributed by atoms with Crippen molar-refractivity contribution in [2.45, 2.75) is 25.4 Å². The Labute approximate surface area is 135 Å². The van der Waals surface area contributed by atoms with Crippen molar-refractivity contribution in [2.75, 3.05) is 0 Å². The summed E-state index contributed by atoms with van der Waals surface area (Å²) in [6.45, 7) is 0. The van der Waals surface area contributed by atoms with Gasteiger partial charge in [-0.1, -0.05) is 30.3 Å². The lowest BCUT2D eigenvalue weighted by Gasteiger charge is -2.08. The van der Waals surface area contributed by atoms with Crippen molar-refractivity contribution in [3.8, 4) is 11.5 Å². The molecule has 4 nitrogen and oxygen atoms in total. The summed E-state index contributed by atoms with van der Waals surface area (Å²) in [6.07, 6.45) is 3.62. The van der Waals surface area contributed by atoms with E-state index < -0.39 is 6.10 Å². The Morgan fingerprint density at radius 2 is 1.52 bits per heavy atom. The topological polar surface area (TPSA) is 77.8 Å². The van der Waals surface area contributed by atoms with Gasteiger partial charge in [0.15, 0.2) is 5.78 Å². The summed E-state index contributed by atoms with van der Waals surface area (Å²) >= 11 is 0. The average molecular weight is 312 g/mol. The van der Waals surface area contributed by atoms with Gasteiger partial charge in [-0.2, -0.15) is 0 Å². The number of benzene rings is 2. The predicted molar refractivity (Wildman–Crippen MR) is 89.2 cm³/mol. The van der Waals surface area contributed by atoms with Gasteiger partial charge in [0.25, 0.3) is 0 Å². The first-order valence-corrected chi connectivity index (χ1v) is 7.49. The van der Waals surface area contributed by atoms with Gasteiger partial charge in [-0.25, -0.2) is 0 Å². The van der Waals surface area contributed by atoms with Crippen LogP contribution in [0.2, 0.25) is 0 Å². The third kappa shape index (κ3) is 5.96. The van der Waals surface area contributed by atoms with Crippen LogP contribution in [0.15, 0.2) is 54.6 Å². The summed E-state index contributed by atoms with van der Waals surface area (Å²) < 4.78 is 0. The van der Waals surface area contributed by atoms with Crippen LogP contribution >= 0.6 is 0 Å². The fraction of sp³-hybridized carbons (Fsp3) is 0.211. The molecule has 0 radical (unpaired) electrons. The van der Waals surface area contributed by atoms with Crippen molar-refractivity contribution in [1.82, 2.24) is 0 Å². The van der Waals surface area contributed by atoms with Crippen LogP contribution in [0.5, 0.6) is 11.5 Å². The van der Waals surface area contributed by atoms with E-state index in [0.29, 0.717) is 12.8 Å². The van der Waals surface area contributed by atoms with Crippen LogP contribution < -0.4 is 0 Å². The summed E-state index contributed by atoms with van der Waals surface area (Å²) in [6, 6.07) is 13.3. The highest BCUT2D eigenvalue weighted by molar-refractivity contribution is 5.93. The maximum Gasteiger partial charge on any atom is 0.158 e. The molecule has 0 aliphatic rings. The molecule has 4 heteroatoms. The number of aliphatic hydroxyl groups is 1. The number of rotatable bonds is 7. The van der Waals surface area contributed by atoms with Crippen molar-refractivity contribution in [3.63, 3.8) is 0 Å². The van der Waals surface area contributed by atoms with Gasteiger partial charge < -0.3 is 15.3 Å². The number of hydrogen-bond acceptors (Lipinski definition) is 4. The molecule has 3 N–H and O–H groups in total. The van der Waals surface area contributed by atoms with Gasteiger partial charge in [0.2, 0.25) is 0 Å². The van der Waals surface area contributed by atoms with Gasteiger partial charge in [0.05, 0.1) is 6.10 Å². The summed E-state index contributed by atoms with van der Waals surface area (Å²) in [7, 11) is 0. The highest BCUT2D eigenvalue weighted by Crippen LogP contribution is 2.14. The molecule has 0 amide bonds. The number of phenolic OH excluding ortho intramolecular Hbond substituents is 2. The van der Waals surface area contributed by atoms with E-state index in [9.17, 15) is 20.1 Å². The molecule has 0 spiro atoms. The molecule has 0 bridgehead atoms. The molecule has 0 saturated heterocycles. The first-order chi connectivity index (χ1) is 11.0. The van der Waals surface area contributed by atoms with E-state index in [1.807, 2.05) is 0 Å². The van der Waals surface area contributed by atoms with Crippen molar-refractivity contribution >= 4 is 11.9 Å². The van der Waals surface area contributed by atoms with Crippen molar-refractivity contribution < 1.29 is 20.1 Å². The minimum absolute atomic E-state index is 0.0761. The van der Waals surface area contributed by atoms with Crippen LogP contribution in [0.3, 0.4) is 0 Å². The first kappa shape index (κ1) is 16.8. The molecule has 2 aromatic carbocycles. The van der Waals surface area contributed by atoms with Crippen molar-refractivity contribution in [1.29, 1.82) is 0 Å². The second-order valence-corrected chi connectivity index (χ2v) is 5.45. The zero-order valence-corrected chi connectivity index (χ0v) is 12.7. The van der Waals surface area contributed by atoms with E-state index in [0.717, 1.165) is 11.1 Å². The number of ketones is 1. The smallest absolute Gasteiger partial charge is 0.158 e. The van der Waals surface area contributed by atoms with E-state index in [-0.39, 0.29) is 23.7 Å². The second kappa shape index (κ2) is 8.15. The summed E-state index contributed by atoms with van der Waals surface area (Å²) in [5.41, 5.74) is 1.82. The Kier molecular flexibility index (Phi) is 5.94. The Bertz CT molecular complexity index is 657.